The van der Waals surface area contributed by atoms with Gasteiger partial charge in [0.1, 0.15) is 17.8 Å². The van der Waals surface area contributed by atoms with E-state index in [0.29, 0.717) is 0 Å². The summed E-state index contributed by atoms with van der Waals surface area (Å²) in [6, 6.07) is 4.04. The third-order valence-corrected chi connectivity index (χ3v) is 3.58. The van der Waals surface area contributed by atoms with Crippen molar-refractivity contribution in [3.8, 4) is 0 Å². The minimum Gasteiger partial charge on any atom is -0.464 e. The number of hydrogen-bond acceptors (Lipinski definition) is 5. The molecule has 0 bridgehead atoms. The van der Waals surface area contributed by atoms with Crippen LogP contribution in [0.2, 0.25) is 0 Å². The predicted molar refractivity (Wildman–Crippen MR) is 75.9 cm³/mol. The van der Waals surface area contributed by atoms with Gasteiger partial charge in [0.05, 0.1) is 12.3 Å². The smallest absolute Gasteiger partial charge is 0.191 e. The molecule has 0 unspecified atom stereocenters. The van der Waals surface area contributed by atoms with E-state index in [1.54, 1.807) is 18.1 Å². The van der Waals surface area contributed by atoms with Gasteiger partial charge in [-0.1, -0.05) is 11.8 Å². The van der Waals surface area contributed by atoms with E-state index in [2.05, 4.69) is 36.3 Å². The first-order valence-electron chi connectivity index (χ1n) is 6.23. The Morgan fingerprint density at radius 1 is 1.32 bits per heavy atom. The summed E-state index contributed by atoms with van der Waals surface area (Å²) >= 11 is 1.62. The molecule has 2 rings (SSSR count). The van der Waals surface area contributed by atoms with Crippen molar-refractivity contribution in [2.45, 2.75) is 43.8 Å². The van der Waals surface area contributed by atoms with Crippen LogP contribution in [0.5, 0.6) is 0 Å². The van der Waals surface area contributed by atoms with E-state index in [1.165, 1.54) is 0 Å². The minimum absolute atomic E-state index is 0.0976. The average molecular weight is 280 g/mol. The van der Waals surface area contributed by atoms with Gasteiger partial charge in [-0.05, 0) is 32.9 Å². The van der Waals surface area contributed by atoms with Crippen LogP contribution in [0.25, 0.3) is 0 Å². The lowest BCUT2D eigenvalue weighted by Gasteiger charge is -2.19. The maximum Gasteiger partial charge on any atom is 0.191 e. The highest BCUT2D eigenvalue weighted by molar-refractivity contribution is 7.98. The van der Waals surface area contributed by atoms with E-state index in [0.717, 1.165) is 29.0 Å². The van der Waals surface area contributed by atoms with Crippen LogP contribution in [0.4, 0.5) is 0 Å². The first kappa shape index (κ1) is 14.1. The molecule has 2 aromatic rings. The molecule has 0 atom stereocenters. The lowest BCUT2D eigenvalue weighted by molar-refractivity contribution is 0.382. The molecule has 0 saturated carbocycles. The van der Waals surface area contributed by atoms with Crippen molar-refractivity contribution < 1.29 is 4.42 Å². The zero-order chi connectivity index (χ0) is 13.9. The van der Waals surface area contributed by atoms with Crippen LogP contribution >= 0.6 is 11.8 Å². The molecule has 0 aliphatic heterocycles. The predicted octanol–water partition coefficient (Wildman–Crippen LogP) is 2.59. The molecule has 0 aromatic carbocycles. The lowest BCUT2D eigenvalue weighted by atomic mass is 10.1. The van der Waals surface area contributed by atoms with E-state index in [-0.39, 0.29) is 5.54 Å². The number of aryl methyl sites for hydroxylation is 1. The third kappa shape index (κ3) is 4.40. The Bertz CT molecular complexity index is 527. The number of rotatable bonds is 5. The molecule has 2 heterocycles. The van der Waals surface area contributed by atoms with Gasteiger partial charge in [-0.15, -0.1) is 10.2 Å². The largest absolute Gasteiger partial charge is 0.464 e. The van der Waals surface area contributed by atoms with Crippen molar-refractivity contribution in [1.82, 2.24) is 20.1 Å². The molecule has 104 valence electrons. The van der Waals surface area contributed by atoms with E-state index >= 15 is 0 Å². The first-order chi connectivity index (χ1) is 8.94. The van der Waals surface area contributed by atoms with Gasteiger partial charge in [-0.25, -0.2) is 0 Å². The molecule has 0 radical (unpaired) electrons. The van der Waals surface area contributed by atoms with Gasteiger partial charge >= 0.3 is 0 Å². The SMILES string of the molecule is Cn1cnnc1SCc1ccc(CNC(C)(C)C)o1. The molecular formula is C13H20N4OS. The fourth-order valence-corrected chi connectivity index (χ4v) is 2.27. The summed E-state index contributed by atoms with van der Waals surface area (Å²) in [5, 5.41) is 12.2. The second kappa shape index (κ2) is 5.79. The summed E-state index contributed by atoms with van der Waals surface area (Å²) < 4.78 is 7.67. The lowest BCUT2D eigenvalue weighted by Crippen LogP contribution is -2.34. The van der Waals surface area contributed by atoms with Gasteiger partial charge in [-0.2, -0.15) is 0 Å². The molecule has 5 nitrogen and oxygen atoms in total. The molecule has 19 heavy (non-hydrogen) atoms. The highest BCUT2D eigenvalue weighted by Crippen LogP contribution is 2.21. The van der Waals surface area contributed by atoms with Crippen LogP contribution in [0.1, 0.15) is 32.3 Å². The Kier molecular flexibility index (Phi) is 4.31. The molecule has 1 N–H and O–H groups in total. The molecule has 0 saturated heterocycles. The van der Waals surface area contributed by atoms with E-state index in [1.807, 2.05) is 23.7 Å². The normalized spacial score (nSPS) is 12.0. The van der Waals surface area contributed by atoms with Gasteiger partial charge in [0, 0.05) is 12.6 Å². The fourth-order valence-electron chi connectivity index (χ4n) is 1.49. The second-order valence-electron chi connectivity index (χ2n) is 5.48. The number of thioether (sulfide) groups is 1. The fraction of sp³-hybridized carbons (Fsp3) is 0.538. The molecule has 0 spiro atoms. The summed E-state index contributed by atoms with van der Waals surface area (Å²) in [7, 11) is 1.93. The van der Waals surface area contributed by atoms with Crippen molar-refractivity contribution in [3.05, 3.63) is 30.0 Å². The van der Waals surface area contributed by atoms with Crippen LogP contribution in [0, 0.1) is 0 Å². The molecule has 2 aromatic heterocycles. The van der Waals surface area contributed by atoms with Gasteiger partial charge < -0.3 is 14.3 Å². The van der Waals surface area contributed by atoms with Crippen molar-refractivity contribution in [2.24, 2.45) is 7.05 Å². The molecular weight excluding hydrogens is 260 g/mol. The zero-order valence-corrected chi connectivity index (χ0v) is 12.6. The molecule has 0 amide bonds. The average Bonchev–Trinajstić information content (AvgIpc) is 2.92. The monoisotopic (exact) mass is 280 g/mol. The number of furan rings is 1. The van der Waals surface area contributed by atoms with Gasteiger partial charge in [0.2, 0.25) is 0 Å². The quantitative estimate of drug-likeness (QED) is 0.853. The highest BCUT2D eigenvalue weighted by atomic mass is 32.2. The highest BCUT2D eigenvalue weighted by Gasteiger charge is 2.11. The standard InChI is InChI=1S/C13H20N4OS/c1-13(2,3)14-7-10-5-6-11(18-10)8-19-12-16-15-9-17(12)4/h5-6,9,14H,7-8H2,1-4H3. The summed E-state index contributed by atoms with van der Waals surface area (Å²) in [4.78, 5) is 0. The number of nitrogens with zero attached hydrogens (tertiary/aromatic N) is 3. The second-order valence-corrected chi connectivity index (χ2v) is 6.43. The summed E-state index contributed by atoms with van der Waals surface area (Å²) in [5.41, 5.74) is 0.0976. The van der Waals surface area contributed by atoms with Crippen LogP contribution in [-0.4, -0.2) is 20.3 Å². The van der Waals surface area contributed by atoms with Crippen LogP contribution in [0.3, 0.4) is 0 Å². The zero-order valence-electron chi connectivity index (χ0n) is 11.8. The number of hydrogen-bond donors (Lipinski definition) is 1. The Morgan fingerprint density at radius 3 is 2.68 bits per heavy atom. The van der Waals surface area contributed by atoms with Crippen molar-refractivity contribution in [3.63, 3.8) is 0 Å². The summed E-state index contributed by atoms with van der Waals surface area (Å²) in [5.74, 6) is 2.68. The van der Waals surface area contributed by atoms with Crippen LogP contribution in [0.15, 0.2) is 28.0 Å². The van der Waals surface area contributed by atoms with Gasteiger partial charge in [0.15, 0.2) is 5.16 Å². The Morgan fingerprint density at radius 2 is 2.05 bits per heavy atom. The number of nitrogens with one attached hydrogen (secondary N) is 1. The molecule has 0 aliphatic rings. The third-order valence-electron chi connectivity index (χ3n) is 2.52. The van der Waals surface area contributed by atoms with Gasteiger partial charge in [-0.3, -0.25) is 0 Å². The van der Waals surface area contributed by atoms with Gasteiger partial charge in [0.25, 0.3) is 0 Å². The topological polar surface area (TPSA) is 55.9 Å². The maximum absolute atomic E-state index is 5.78. The summed E-state index contributed by atoms with van der Waals surface area (Å²) in [6.07, 6.45) is 1.70. The number of aromatic nitrogens is 3. The maximum atomic E-state index is 5.78. The first-order valence-corrected chi connectivity index (χ1v) is 7.22. The van der Waals surface area contributed by atoms with E-state index in [9.17, 15) is 0 Å². The van der Waals surface area contributed by atoms with E-state index in [4.69, 9.17) is 4.42 Å². The van der Waals surface area contributed by atoms with Crippen LogP contribution < -0.4 is 5.32 Å². The molecule has 0 fully saturated rings. The molecule has 0 aliphatic carbocycles. The van der Waals surface area contributed by atoms with Crippen molar-refractivity contribution in [1.29, 1.82) is 0 Å². The minimum atomic E-state index is 0.0976. The molecule has 6 heteroatoms. The summed E-state index contributed by atoms with van der Waals surface area (Å²) in [6.45, 7) is 7.17. The van der Waals surface area contributed by atoms with Crippen molar-refractivity contribution >= 4 is 11.8 Å². The van der Waals surface area contributed by atoms with Crippen molar-refractivity contribution in [2.75, 3.05) is 0 Å². The van der Waals surface area contributed by atoms with Crippen LogP contribution in [-0.2, 0) is 19.3 Å². The van der Waals surface area contributed by atoms with E-state index < -0.39 is 0 Å². The Hall–Kier alpha value is -1.27. The Balaban J connectivity index is 1.86. The Labute approximate surface area is 117 Å².